The number of rotatable bonds is 0. The van der Waals surface area contributed by atoms with Crippen LogP contribution in [0.4, 0.5) is 0 Å². The Morgan fingerprint density at radius 2 is 0.857 bits per heavy atom. The molecule has 0 bridgehead atoms. The molecule has 0 aromatic carbocycles. The van der Waals surface area contributed by atoms with Crippen molar-refractivity contribution in [2.45, 2.75) is 0 Å². The second-order valence-corrected chi connectivity index (χ2v) is 2.47. The first kappa shape index (κ1) is 16.0. The van der Waals surface area contributed by atoms with Crippen LogP contribution < -0.4 is 0 Å². The summed E-state index contributed by atoms with van der Waals surface area (Å²) in [5, 5.41) is 0. The van der Waals surface area contributed by atoms with Crippen molar-refractivity contribution in [2.75, 3.05) is 0 Å². The Kier molecular flexibility index (Phi) is 13.9. The predicted molar refractivity (Wildman–Crippen MR) is 8.88 cm³/mol. The molecule has 0 saturated heterocycles. The van der Waals surface area contributed by atoms with Crippen LogP contribution >= 0.6 is 0 Å². The average molecular weight is 266 g/mol. The van der Waals surface area contributed by atoms with E-state index < -0.39 is 18.1 Å². The smallest absolute Gasteiger partial charge is 0 e. The van der Waals surface area contributed by atoms with Gasteiger partial charge in [-0.2, -0.15) is 0 Å². The molecule has 7 heteroatoms. The van der Waals surface area contributed by atoms with E-state index in [1.54, 1.807) is 0 Å². The molecule has 7 heavy (non-hydrogen) atoms. The van der Waals surface area contributed by atoms with Crippen LogP contribution in [0.5, 0.6) is 0 Å². The maximum Gasteiger partial charge on any atom is 0 e. The second-order valence-electron chi connectivity index (χ2n) is 0.600. The molecule has 0 rings (SSSR count). The molecule has 1 radical (unpaired) electrons. The molecule has 0 saturated carbocycles. The monoisotopic (exact) mass is 265 g/mol. The Balaban J connectivity index is -0.0000000800. The normalized spacial score (nSPS) is 8.57. The molecule has 0 aliphatic carbocycles. The Bertz CT molecular complexity index is 27.2. The van der Waals surface area contributed by atoms with Crippen molar-refractivity contribution in [3.8, 4) is 0 Å². The maximum absolute atomic E-state index is 7.38. The molecule has 4 nitrogen and oxygen atoms in total. The van der Waals surface area contributed by atoms with Gasteiger partial charge in [0, 0.05) is 43.0 Å². The fourth-order valence-corrected chi connectivity index (χ4v) is 0. The van der Waals surface area contributed by atoms with Gasteiger partial charge in [-0.1, -0.05) is 0 Å². The molecular weight excluding hydrogens is 262 g/mol. The van der Waals surface area contributed by atoms with Crippen LogP contribution in [0.1, 0.15) is 0 Å². The summed E-state index contributed by atoms with van der Waals surface area (Å²) in [6, 6.07) is 0. The fourth-order valence-electron chi connectivity index (χ4n) is 0. The molecule has 45 valence electrons. The fraction of sp³-hybridized carbons (Fsp3) is 0. The van der Waals surface area contributed by atoms with E-state index in [-0.39, 0.29) is 43.0 Å². The van der Waals surface area contributed by atoms with E-state index >= 15 is 0 Å². The third-order valence-corrected chi connectivity index (χ3v) is 0. The van der Waals surface area contributed by atoms with Crippen LogP contribution in [0.2, 0.25) is 0 Å². The van der Waals surface area contributed by atoms with Crippen LogP contribution in [-0.4, -0.2) is 14.8 Å². The van der Waals surface area contributed by atoms with Crippen molar-refractivity contribution >= 4 is 0 Å². The van der Waals surface area contributed by atoms with E-state index in [1.807, 2.05) is 0 Å². The van der Waals surface area contributed by atoms with E-state index in [4.69, 9.17) is 14.8 Å². The van der Waals surface area contributed by atoms with Crippen LogP contribution in [0.15, 0.2) is 0 Å². The summed E-state index contributed by atoms with van der Waals surface area (Å²) in [6.45, 7) is 0. The topological polar surface area (TPSA) is 80.9 Å². The van der Waals surface area contributed by atoms with E-state index in [0.29, 0.717) is 0 Å². The maximum atomic E-state index is 7.38. The van der Waals surface area contributed by atoms with Crippen molar-refractivity contribution in [3.63, 3.8) is 0 Å². The first-order valence-electron chi connectivity index (χ1n) is 0.894. The summed E-state index contributed by atoms with van der Waals surface area (Å²) in [5.74, 6) is 0. The molecule has 0 heterocycles. The van der Waals surface area contributed by atoms with E-state index in [1.165, 1.54) is 0 Å². The third kappa shape index (κ3) is 74.3. The standard InChI is InChI=1S/Co.4H2O.Ti.Zr/h;4*1H2;;/q;;;;;+4;/p-4. The van der Waals surface area contributed by atoms with E-state index in [0.717, 1.165) is 0 Å². The second kappa shape index (κ2) is 6.07. The third-order valence-electron chi connectivity index (χ3n) is 0. The van der Waals surface area contributed by atoms with Crippen LogP contribution in [-0.2, 0) is 61.1 Å². The quantitative estimate of drug-likeness (QED) is 0.374. The van der Waals surface area contributed by atoms with Gasteiger partial charge in [0.15, 0.2) is 0 Å². The summed E-state index contributed by atoms with van der Waals surface area (Å²) < 4.78 is 29.5. The Labute approximate surface area is 75.1 Å². The first-order chi connectivity index (χ1) is 2.00. The molecule has 0 amide bonds. The Morgan fingerprint density at radius 3 is 0.857 bits per heavy atom. The van der Waals surface area contributed by atoms with Gasteiger partial charge in [0.25, 0.3) is 0 Å². The SMILES string of the molecule is [Co].[OH][Ti]([OH])([OH])[OH].[Zr]. The van der Waals surface area contributed by atoms with Gasteiger partial charge in [-0.25, -0.2) is 0 Å². The van der Waals surface area contributed by atoms with Crippen molar-refractivity contribution in [1.82, 2.24) is 0 Å². The number of hydrogen-bond donors (Lipinski definition) is 4. The van der Waals surface area contributed by atoms with Crippen molar-refractivity contribution < 1.29 is 75.9 Å². The summed E-state index contributed by atoms with van der Waals surface area (Å²) in [5.41, 5.74) is 0. The molecule has 0 fully saturated rings. The molecule has 0 aromatic heterocycles. The van der Waals surface area contributed by atoms with Crippen molar-refractivity contribution in [1.29, 1.82) is 0 Å². The molecule has 0 aliphatic rings. The van der Waals surface area contributed by atoms with Gasteiger partial charge in [0.1, 0.15) is 0 Å². The summed E-state index contributed by atoms with van der Waals surface area (Å²) in [6.07, 6.45) is 0. The average Bonchev–Trinajstić information content (AvgIpc) is 0.722. The van der Waals surface area contributed by atoms with E-state index in [9.17, 15) is 0 Å². The molecule has 0 atom stereocenters. The predicted octanol–water partition coefficient (Wildman–Crippen LogP) is -2.24. The number of hydrogen-bond acceptors (Lipinski definition) is 4. The van der Waals surface area contributed by atoms with Crippen LogP contribution in [0, 0.1) is 0 Å². The molecular formula is H4CoO4TiZr. The molecule has 0 aliphatic heterocycles. The minimum Gasteiger partial charge on any atom is 0 e. The van der Waals surface area contributed by atoms with Crippen molar-refractivity contribution in [3.05, 3.63) is 0 Å². The largest absolute Gasteiger partial charge is 0 e. The van der Waals surface area contributed by atoms with Gasteiger partial charge in [-0.05, 0) is 0 Å². The van der Waals surface area contributed by atoms with Crippen molar-refractivity contribution in [2.24, 2.45) is 0 Å². The van der Waals surface area contributed by atoms with Crippen LogP contribution in [0.3, 0.4) is 0 Å². The molecule has 0 unspecified atom stereocenters. The molecule has 0 spiro atoms. The molecule has 0 aromatic rings. The Morgan fingerprint density at radius 1 is 0.857 bits per heavy atom. The minimum atomic E-state index is -5.00. The Hall–Kier alpha value is 1.94. The zero-order valence-electron chi connectivity index (χ0n) is 3.12. The van der Waals surface area contributed by atoms with Gasteiger partial charge >= 0.3 is 32.9 Å². The molecule has 4 N–H and O–H groups in total. The summed E-state index contributed by atoms with van der Waals surface area (Å²) >= 11 is -5.00. The van der Waals surface area contributed by atoms with Gasteiger partial charge in [-0.3, -0.25) is 0 Å². The zero-order chi connectivity index (χ0) is 4.50. The van der Waals surface area contributed by atoms with Gasteiger partial charge in [-0.15, -0.1) is 0 Å². The minimum absolute atomic E-state index is 0. The summed E-state index contributed by atoms with van der Waals surface area (Å²) in [7, 11) is 0. The first-order valence-corrected chi connectivity index (χ1v) is 3.69. The van der Waals surface area contributed by atoms with Gasteiger partial charge < -0.3 is 0 Å². The van der Waals surface area contributed by atoms with Gasteiger partial charge in [0.05, 0.1) is 0 Å². The van der Waals surface area contributed by atoms with Crippen LogP contribution in [0.25, 0.3) is 0 Å². The van der Waals surface area contributed by atoms with E-state index in [2.05, 4.69) is 0 Å². The summed E-state index contributed by atoms with van der Waals surface area (Å²) in [4.78, 5) is 0. The van der Waals surface area contributed by atoms with Gasteiger partial charge in [0.2, 0.25) is 0 Å². The zero-order valence-corrected chi connectivity index (χ0v) is 8.18.